The van der Waals surface area contributed by atoms with E-state index in [1.165, 1.54) is 12.7 Å². The number of benzene rings is 6. The van der Waals surface area contributed by atoms with Gasteiger partial charge < -0.3 is 19.6 Å². The summed E-state index contributed by atoms with van der Waals surface area (Å²) in [6.07, 6.45) is 0.567. The summed E-state index contributed by atoms with van der Waals surface area (Å²) < 4.78 is 4.91. The highest BCUT2D eigenvalue weighted by atomic mass is 16.5. The smallest absolute Gasteiger partial charge is 0.309 e. The van der Waals surface area contributed by atoms with E-state index in [2.05, 4.69) is 145 Å². The molecule has 0 aliphatic rings. The first-order chi connectivity index (χ1) is 25.7. The molecule has 0 radical (unpaired) electrons. The SMILES string of the molecule is CCC(c1ccc(N(c2ccc(-c3ccc(N(c4ccccc4)c4cccc(C)c4)cc3)cc2)c2cccc(C)c2)cc1)C(C(=O)O)C(C)C(=O)OC. The maximum absolute atomic E-state index is 12.4. The molecule has 0 amide bonds. The summed E-state index contributed by atoms with van der Waals surface area (Å²) in [5, 5.41) is 10.1. The first-order valence-corrected chi connectivity index (χ1v) is 18.1. The Labute approximate surface area is 312 Å². The second-order valence-corrected chi connectivity index (χ2v) is 13.6. The number of ether oxygens (including phenoxy) is 1. The summed E-state index contributed by atoms with van der Waals surface area (Å²) in [5.41, 5.74) is 11.7. The Kier molecular flexibility index (Phi) is 11.4. The van der Waals surface area contributed by atoms with E-state index in [4.69, 9.17) is 4.74 Å². The van der Waals surface area contributed by atoms with Crippen LogP contribution in [0.15, 0.2) is 152 Å². The van der Waals surface area contributed by atoms with E-state index in [0.29, 0.717) is 6.42 Å². The zero-order chi connectivity index (χ0) is 37.5. The standard InChI is InChI=1S/C47H46N2O4/c1-6-44(45(46(50)51)34(4)47(52)53-5)37-22-28-41(29-23-37)49(43-17-11-13-33(3)31-43)40-26-20-36(21-27-40)35-18-24-39(25-19-35)48(38-14-8-7-9-15-38)42-16-10-12-32(2)30-42/h7-31,34,44-45H,6H2,1-5H3,(H,50,51). The molecule has 0 saturated carbocycles. The molecule has 1 N–H and O–H groups in total. The lowest BCUT2D eigenvalue weighted by atomic mass is 9.77. The number of aliphatic carboxylic acids is 1. The monoisotopic (exact) mass is 702 g/mol. The molecular formula is C47H46N2O4. The number of aryl methyl sites for hydroxylation is 2. The van der Waals surface area contributed by atoms with Gasteiger partial charge in [0.1, 0.15) is 0 Å². The fourth-order valence-corrected chi connectivity index (χ4v) is 7.25. The lowest BCUT2D eigenvalue weighted by molar-refractivity contribution is -0.156. The second kappa shape index (κ2) is 16.5. The van der Waals surface area contributed by atoms with Crippen LogP contribution in [0.1, 0.15) is 42.9 Å². The highest BCUT2D eigenvalue weighted by molar-refractivity contribution is 5.83. The minimum Gasteiger partial charge on any atom is -0.481 e. The second-order valence-electron chi connectivity index (χ2n) is 13.6. The van der Waals surface area contributed by atoms with Crippen LogP contribution in [-0.2, 0) is 14.3 Å². The van der Waals surface area contributed by atoms with Crippen molar-refractivity contribution in [1.29, 1.82) is 0 Å². The molecule has 6 aromatic rings. The predicted molar refractivity (Wildman–Crippen MR) is 216 cm³/mol. The lowest BCUT2D eigenvalue weighted by Gasteiger charge is -2.29. The zero-order valence-corrected chi connectivity index (χ0v) is 30.9. The topological polar surface area (TPSA) is 70.1 Å². The Balaban J connectivity index is 1.30. The van der Waals surface area contributed by atoms with E-state index in [0.717, 1.165) is 56.4 Å². The Morgan fingerprint density at radius 2 is 1.00 bits per heavy atom. The van der Waals surface area contributed by atoms with Crippen LogP contribution < -0.4 is 9.80 Å². The summed E-state index contributed by atoms with van der Waals surface area (Å²) in [4.78, 5) is 29.3. The molecule has 6 rings (SSSR count). The van der Waals surface area contributed by atoms with Gasteiger partial charge in [-0.2, -0.15) is 0 Å². The molecule has 6 aromatic carbocycles. The molecule has 0 bridgehead atoms. The maximum Gasteiger partial charge on any atom is 0.309 e. The number of hydrogen-bond acceptors (Lipinski definition) is 5. The van der Waals surface area contributed by atoms with Crippen molar-refractivity contribution in [2.75, 3.05) is 16.9 Å². The van der Waals surface area contributed by atoms with Crippen LogP contribution in [0.4, 0.5) is 34.1 Å². The number of methoxy groups -OCH3 is 1. The number of anilines is 6. The van der Waals surface area contributed by atoms with E-state index in [-0.39, 0.29) is 5.92 Å². The summed E-state index contributed by atoms with van der Waals surface area (Å²) in [6, 6.07) is 52.6. The number of carboxylic acids is 1. The average molecular weight is 703 g/mol. The van der Waals surface area contributed by atoms with E-state index < -0.39 is 23.8 Å². The zero-order valence-electron chi connectivity index (χ0n) is 30.9. The molecule has 0 aromatic heterocycles. The van der Waals surface area contributed by atoms with Crippen molar-refractivity contribution in [1.82, 2.24) is 0 Å². The number of rotatable bonds is 13. The molecule has 0 aliphatic carbocycles. The third-order valence-electron chi connectivity index (χ3n) is 9.97. The third kappa shape index (κ3) is 8.18. The number of esters is 1. The van der Waals surface area contributed by atoms with Gasteiger partial charge in [0.2, 0.25) is 0 Å². The summed E-state index contributed by atoms with van der Waals surface area (Å²) in [6.45, 7) is 7.78. The predicted octanol–water partition coefficient (Wildman–Crippen LogP) is 11.9. The van der Waals surface area contributed by atoms with Gasteiger partial charge in [-0.1, -0.05) is 92.7 Å². The van der Waals surface area contributed by atoms with Crippen LogP contribution in [0, 0.1) is 25.7 Å². The molecule has 0 saturated heterocycles. The number of nitrogens with zero attached hydrogens (tertiary/aromatic N) is 2. The molecular weight excluding hydrogens is 657 g/mol. The van der Waals surface area contributed by atoms with Crippen molar-refractivity contribution < 1.29 is 19.4 Å². The minimum atomic E-state index is -1.00. The van der Waals surface area contributed by atoms with Crippen molar-refractivity contribution in [2.45, 2.75) is 40.0 Å². The lowest BCUT2D eigenvalue weighted by Crippen LogP contribution is -2.33. The van der Waals surface area contributed by atoms with Crippen molar-refractivity contribution in [3.8, 4) is 11.1 Å². The molecule has 0 fully saturated rings. The number of carbonyl (C=O) groups is 2. The van der Waals surface area contributed by atoms with Crippen molar-refractivity contribution in [3.05, 3.63) is 168 Å². The van der Waals surface area contributed by atoms with Gasteiger partial charge in [0.25, 0.3) is 0 Å². The van der Waals surface area contributed by atoms with Crippen molar-refractivity contribution in [2.24, 2.45) is 11.8 Å². The molecule has 3 unspecified atom stereocenters. The summed E-state index contributed by atoms with van der Waals surface area (Å²) in [5.74, 6) is -3.57. The van der Waals surface area contributed by atoms with Crippen LogP contribution in [0.3, 0.4) is 0 Å². The molecule has 0 aliphatic heterocycles. The van der Waals surface area contributed by atoms with E-state index >= 15 is 0 Å². The van der Waals surface area contributed by atoms with E-state index in [9.17, 15) is 14.7 Å². The van der Waals surface area contributed by atoms with Gasteiger partial charge in [0.05, 0.1) is 18.9 Å². The summed E-state index contributed by atoms with van der Waals surface area (Å²) in [7, 11) is 1.29. The quantitative estimate of drug-likeness (QED) is 0.121. The van der Waals surface area contributed by atoms with Crippen LogP contribution in [0.25, 0.3) is 11.1 Å². The number of carboxylic acid groups (broad SMARTS) is 1. The Morgan fingerprint density at radius 1 is 0.585 bits per heavy atom. The van der Waals surface area contributed by atoms with Crippen molar-refractivity contribution in [3.63, 3.8) is 0 Å². The van der Waals surface area contributed by atoms with Crippen molar-refractivity contribution >= 4 is 46.1 Å². The molecule has 3 atom stereocenters. The highest BCUT2D eigenvalue weighted by Gasteiger charge is 2.37. The minimum absolute atomic E-state index is 0.356. The molecule has 0 heterocycles. The first kappa shape index (κ1) is 36.6. The van der Waals surface area contributed by atoms with Crippen LogP contribution >= 0.6 is 0 Å². The normalized spacial score (nSPS) is 12.7. The number of hydrogen-bond donors (Lipinski definition) is 1. The number of para-hydroxylation sites is 1. The average Bonchev–Trinajstić information content (AvgIpc) is 3.18. The Morgan fingerprint density at radius 3 is 1.40 bits per heavy atom. The van der Waals surface area contributed by atoms with Gasteiger partial charge in [-0.15, -0.1) is 0 Å². The molecule has 268 valence electrons. The summed E-state index contributed by atoms with van der Waals surface area (Å²) >= 11 is 0. The molecule has 53 heavy (non-hydrogen) atoms. The van der Waals surface area contributed by atoms with Gasteiger partial charge >= 0.3 is 11.9 Å². The van der Waals surface area contributed by atoms with Crippen LogP contribution in [-0.4, -0.2) is 24.2 Å². The number of carbonyl (C=O) groups excluding carboxylic acids is 1. The Bertz CT molecular complexity index is 2150. The van der Waals surface area contributed by atoms with E-state index in [1.807, 2.05) is 37.3 Å². The first-order valence-electron chi connectivity index (χ1n) is 18.1. The largest absolute Gasteiger partial charge is 0.481 e. The van der Waals surface area contributed by atoms with Gasteiger partial charge in [0.15, 0.2) is 0 Å². The fourth-order valence-electron chi connectivity index (χ4n) is 7.25. The molecule has 0 spiro atoms. The van der Waals surface area contributed by atoms with Gasteiger partial charge in [-0.3, -0.25) is 9.59 Å². The maximum atomic E-state index is 12.4. The van der Waals surface area contributed by atoms with Crippen LogP contribution in [0.2, 0.25) is 0 Å². The Hall–Kier alpha value is -6.14. The fraction of sp³-hybridized carbons (Fsp3) is 0.191. The highest BCUT2D eigenvalue weighted by Crippen LogP contribution is 2.40. The van der Waals surface area contributed by atoms with Gasteiger partial charge in [-0.25, -0.2) is 0 Å². The molecule has 6 nitrogen and oxygen atoms in total. The molecule has 6 heteroatoms. The van der Waals surface area contributed by atoms with Gasteiger partial charge in [-0.05, 0) is 127 Å². The third-order valence-corrected chi connectivity index (χ3v) is 9.97. The van der Waals surface area contributed by atoms with Gasteiger partial charge in [0, 0.05) is 34.1 Å². The van der Waals surface area contributed by atoms with Crippen LogP contribution in [0.5, 0.6) is 0 Å². The van der Waals surface area contributed by atoms with E-state index in [1.54, 1.807) is 6.92 Å².